The quantitative estimate of drug-likeness (QED) is 0.637. The maximum Gasteiger partial charge on any atom is 0.274 e. The average Bonchev–Trinajstić information content (AvgIpc) is 3.31. The molecule has 0 radical (unpaired) electrons. The minimum Gasteiger partial charge on any atom is -0.331 e. The second-order valence-electron chi connectivity index (χ2n) is 7.21. The van der Waals surface area contributed by atoms with Crippen molar-refractivity contribution in [3.8, 4) is 16.9 Å². The number of sulfonamides is 1. The van der Waals surface area contributed by atoms with E-state index in [0.29, 0.717) is 22.0 Å². The molecule has 0 bridgehead atoms. The highest BCUT2D eigenvalue weighted by atomic mass is 35.5. The molecule has 0 atom stereocenters. The number of hydrogen-bond acceptors (Lipinski definition) is 4. The molecule has 0 spiro atoms. The number of nitrogens with two attached hydrogens (primary N) is 1. The molecule has 1 fully saturated rings. The Balaban J connectivity index is 1.77. The van der Waals surface area contributed by atoms with E-state index in [9.17, 15) is 22.0 Å². The minimum atomic E-state index is -3.87. The van der Waals surface area contributed by atoms with Crippen LogP contribution in [0, 0.1) is 0 Å². The van der Waals surface area contributed by atoms with E-state index in [1.54, 1.807) is 24.3 Å². The van der Waals surface area contributed by atoms with Crippen LogP contribution >= 0.6 is 11.6 Å². The van der Waals surface area contributed by atoms with Crippen molar-refractivity contribution in [1.82, 2.24) is 14.7 Å². The zero-order valence-electron chi connectivity index (χ0n) is 16.0. The first kappa shape index (κ1) is 21.4. The van der Waals surface area contributed by atoms with Gasteiger partial charge in [0.25, 0.3) is 11.8 Å². The van der Waals surface area contributed by atoms with Gasteiger partial charge in [-0.2, -0.15) is 5.10 Å². The van der Waals surface area contributed by atoms with Crippen LogP contribution in [-0.2, 0) is 10.0 Å². The van der Waals surface area contributed by atoms with E-state index in [-0.39, 0.29) is 17.1 Å². The fraction of sp³-hybridized carbons (Fsp3) is 0.200. The summed E-state index contributed by atoms with van der Waals surface area (Å²) < 4.78 is 51.7. The normalized spacial score (nSPS) is 15.9. The molecule has 31 heavy (non-hydrogen) atoms. The Hall–Kier alpha value is -2.82. The first-order chi connectivity index (χ1) is 14.5. The molecule has 0 unspecified atom stereocenters. The van der Waals surface area contributed by atoms with Crippen LogP contribution in [0.15, 0.2) is 59.5 Å². The number of benzene rings is 2. The molecule has 1 amide bonds. The predicted octanol–water partition coefficient (Wildman–Crippen LogP) is 3.32. The Morgan fingerprint density at radius 1 is 1.10 bits per heavy atom. The zero-order chi connectivity index (χ0) is 22.4. The van der Waals surface area contributed by atoms with Gasteiger partial charge in [0.15, 0.2) is 5.69 Å². The lowest BCUT2D eigenvalue weighted by Gasteiger charge is -2.14. The molecule has 7 nitrogen and oxygen atoms in total. The fourth-order valence-electron chi connectivity index (χ4n) is 3.36. The number of carbonyl (C=O) groups excluding carboxylic acids is 1. The van der Waals surface area contributed by atoms with Crippen molar-refractivity contribution in [2.24, 2.45) is 5.14 Å². The van der Waals surface area contributed by atoms with Crippen LogP contribution in [0.1, 0.15) is 16.9 Å². The lowest BCUT2D eigenvalue weighted by molar-refractivity contribution is 0.0119. The van der Waals surface area contributed by atoms with Gasteiger partial charge in [0.1, 0.15) is 0 Å². The number of aromatic nitrogens is 2. The summed E-state index contributed by atoms with van der Waals surface area (Å²) in [4.78, 5) is 13.8. The number of alkyl halides is 2. The van der Waals surface area contributed by atoms with Gasteiger partial charge < -0.3 is 4.90 Å². The lowest BCUT2D eigenvalue weighted by atomic mass is 10.1. The minimum absolute atomic E-state index is 0.00169. The Morgan fingerprint density at radius 3 is 2.29 bits per heavy atom. The van der Waals surface area contributed by atoms with Gasteiger partial charge in [0.05, 0.1) is 22.8 Å². The summed E-state index contributed by atoms with van der Waals surface area (Å²) in [5, 5.41) is 10.00. The molecule has 0 aliphatic carbocycles. The summed E-state index contributed by atoms with van der Waals surface area (Å²) in [5.41, 5.74) is 1.61. The highest BCUT2D eigenvalue weighted by molar-refractivity contribution is 7.89. The van der Waals surface area contributed by atoms with Gasteiger partial charge in [-0.3, -0.25) is 4.79 Å². The molecule has 1 aromatic heterocycles. The first-order valence-electron chi connectivity index (χ1n) is 9.20. The largest absolute Gasteiger partial charge is 0.331 e. The van der Waals surface area contributed by atoms with E-state index in [2.05, 4.69) is 5.10 Å². The van der Waals surface area contributed by atoms with Crippen LogP contribution in [0.25, 0.3) is 16.9 Å². The van der Waals surface area contributed by atoms with E-state index >= 15 is 0 Å². The monoisotopic (exact) mass is 466 g/mol. The van der Waals surface area contributed by atoms with Gasteiger partial charge in [-0.25, -0.2) is 27.0 Å². The predicted molar refractivity (Wildman–Crippen MR) is 111 cm³/mol. The Labute approximate surface area is 182 Å². The third kappa shape index (κ3) is 4.46. The molecule has 0 saturated carbocycles. The van der Waals surface area contributed by atoms with Crippen LogP contribution < -0.4 is 5.14 Å². The van der Waals surface area contributed by atoms with Crippen molar-refractivity contribution in [3.63, 3.8) is 0 Å². The van der Waals surface area contributed by atoms with Crippen LogP contribution in [0.5, 0.6) is 0 Å². The number of rotatable bonds is 4. The van der Waals surface area contributed by atoms with Gasteiger partial charge in [-0.05, 0) is 42.5 Å². The van der Waals surface area contributed by atoms with Crippen molar-refractivity contribution in [1.29, 1.82) is 0 Å². The van der Waals surface area contributed by atoms with Gasteiger partial charge in [-0.1, -0.05) is 23.7 Å². The van der Waals surface area contributed by atoms with Gasteiger partial charge in [0.2, 0.25) is 10.0 Å². The number of likely N-dealkylation sites (tertiary alicyclic amines) is 1. The first-order valence-corrected chi connectivity index (χ1v) is 11.1. The third-order valence-electron chi connectivity index (χ3n) is 4.94. The molecule has 162 valence electrons. The van der Waals surface area contributed by atoms with Crippen molar-refractivity contribution < 1.29 is 22.0 Å². The smallest absolute Gasteiger partial charge is 0.274 e. The number of hydrogen-bond donors (Lipinski definition) is 1. The maximum atomic E-state index is 13.6. The molecular weight excluding hydrogens is 450 g/mol. The number of carbonyl (C=O) groups is 1. The van der Waals surface area contributed by atoms with E-state index in [1.165, 1.54) is 35.0 Å². The Bertz CT molecular complexity index is 1240. The Kier molecular flexibility index (Phi) is 5.32. The Morgan fingerprint density at radius 2 is 1.74 bits per heavy atom. The van der Waals surface area contributed by atoms with Crippen molar-refractivity contribution >= 4 is 27.5 Å². The summed E-state index contributed by atoms with van der Waals surface area (Å²) in [6.45, 7) is -0.712. The second kappa shape index (κ2) is 7.70. The zero-order valence-corrected chi connectivity index (χ0v) is 17.6. The van der Waals surface area contributed by atoms with Crippen LogP contribution in [0.2, 0.25) is 5.02 Å². The topological polar surface area (TPSA) is 98.3 Å². The molecule has 2 heterocycles. The van der Waals surface area contributed by atoms with Crippen LogP contribution in [-0.4, -0.2) is 48.0 Å². The molecule has 3 aromatic rings. The molecule has 1 aliphatic heterocycles. The summed E-state index contributed by atoms with van der Waals surface area (Å²) in [7, 11) is -3.87. The van der Waals surface area contributed by atoms with Gasteiger partial charge in [0, 0.05) is 23.6 Å². The van der Waals surface area contributed by atoms with E-state index in [4.69, 9.17) is 16.7 Å². The van der Waals surface area contributed by atoms with E-state index < -0.39 is 34.8 Å². The molecule has 2 N–H and O–H groups in total. The summed E-state index contributed by atoms with van der Waals surface area (Å²) in [5.74, 6) is -3.52. The lowest BCUT2D eigenvalue weighted by Crippen LogP contribution is -2.31. The molecule has 2 aromatic carbocycles. The molecule has 11 heteroatoms. The van der Waals surface area contributed by atoms with Gasteiger partial charge in [-0.15, -0.1) is 0 Å². The number of primary sulfonamides is 1. The summed E-state index contributed by atoms with van der Waals surface area (Å²) >= 11 is 5.95. The summed E-state index contributed by atoms with van der Waals surface area (Å²) in [6.07, 6.45) is -0.390. The van der Waals surface area contributed by atoms with Gasteiger partial charge >= 0.3 is 0 Å². The average molecular weight is 467 g/mol. The standard InChI is InChI=1S/C20H17ClF2N4O3S/c21-14-3-5-15(6-4-14)27-18(13-1-7-16(8-2-13)31(24,29)30)11-17(25-27)19(28)26-10-9-20(22,23)12-26/h1-8,11H,9-10,12H2,(H2,24,29,30). The van der Waals surface area contributed by atoms with Crippen molar-refractivity contribution in [3.05, 3.63) is 65.3 Å². The second-order valence-corrected chi connectivity index (χ2v) is 9.20. The number of halogens is 3. The number of amides is 1. The molecule has 1 saturated heterocycles. The van der Waals surface area contributed by atoms with Crippen molar-refractivity contribution in [2.75, 3.05) is 13.1 Å². The highest BCUT2D eigenvalue weighted by Crippen LogP contribution is 2.30. The summed E-state index contributed by atoms with van der Waals surface area (Å²) in [6, 6.07) is 13.9. The SMILES string of the molecule is NS(=O)(=O)c1ccc(-c2cc(C(=O)N3CCC(F)(F)C3)nn2-c2ccc(Cl)cc2)cc1. The van der Waals surface area contributed by atoms with Crippen molar-refractivity contribution in [2.45, 2.75) is 17.2 Å². The fourth-order valence-corrected chi connectivity index (χ4v) is 4.00. The third-order valence-corrected chi connectivity index (χ3v) is 6.12. The highest BCUT2D eigenvalue weighted by Gasteiger charge is 2.41. The van der Waals surface area contributed by atoms with Crippen LogP contribution in [0.3, 0.4) is 0 Å². The molecular formula is C20H17ClF2N4O3S. The maximum absolute atomic E-state index is 13.6. The number of nitrogens with zero attached hydrogens (tertiary/aromatic N) is 3. The van der Waals surface area contributed by atoms with E-state index in [0.717, 1.165) is 4.90 Å². The molecule has 4 rings (SSSR count). The van der Waals surface area contributed by atoms with E-state index in [1.807, 2.05) is 0 Å². The molecule has 1 aliphatic rings. The van der Waals surface area contributed by atoms with Crippen LogP contribution in [0.4, 0.5) is 8.78 Å².